The molecule has 0 saturated carbocycles. The first-order valence-electron chi connectivity index (χ1n) is 4.69. The fourth-order valence-electron chi connectivity index (χ4n) is 1.33. The Morgan fingerprint density at radius 1 is 1.43 bits per heavy atom. The number of hydrogen-bond donors (Lipinski definition) is 2. The van der Waals surface area contributed by atoms with E-state index in [1.54, 1.807) is 0 Å². The van der Waals surface area contributed by atoms with Crippen molar-refractivity contribution in [2.24, 2.45) is 5.73 Å². The summed E-state index contributed by atoms with van der Waals surface area (Å²) in [5, 5.41) is 3.17. The molecular formula is C11H16N2O. The van der Waals surface area contributed by atoms with Crippen molar-refractivity contribution in [3.63, 3.8) is 0 Å². The second-order valence-corrected chi connectivity index (χ2v) is 3.46. The molecule has 0 spiro atoms. The molecule has 0 fully saturated rings. The lowest BCUT2D eigenvalue weighted by Gasteiger charge is -2.08. The monoisotopic (exact) mass is 192 g/mol. The number of carbonyl (C=O) groups excluding carboxylic acids is 1. The highest BCUT2D eigenvalue weighted by molar-refractivity contribution is 5.74. The number of nitrogens with one attached hydrogen (secondary N) is 1. The van der Waals surface area contributed by atoms with E-state index in [2.05, 4.69) is 18.3 Å². The molecule has 0 bridgehead atoms. The molecule has 0 saturated heterocycles. The van der Waals surface area contributed by atoms with Gasteiger partial charge in [0.25, 0.3) is 0 Å². The van der Waals surface area contributed by atoms with Gasteiger partial charge in [0.2, 0.25) is 5.91 Å². The molecule has 76 valence electrons. The molecule has 3 nitrogen and oxygen atoms in total. The Morgan fingerprint density at radius 2 is 2.14 bits per heavy atom. The Labute approximate surface area is 84.3 Å². The van der Waals surface area contributed by atoms with Gasteiger partial charge >= 0.3 is 0 Å². The number of primary amides is 1. The average molecular weight is 192 g/mol. The Hall–Kier alpha value is -1.51. The van der Waals surface area contributed by atoms with Crippen molar-refractivity contribution >= 4 is 11.6 Å². The van der Waals surface area contributed by atoms with Gasteiger partial charge in [-0.05, 0) is 25.5 Å². The van der Waals surface area contributed by atoms with E-state index in [0.29, 0.717) is 13.0 Å². The van der Waals surface area contributed by atoms with Crippen LogP contribution in [0.1, 0.15) is 17.5 Å². The maximum absolute atomic E-state index is 10.5. The lowest BCUT2D eigenvalue weighted by atomic mass is 10.1. The average Bonchev–Trinajstić information content (AvgIpc) is 2.08. The summed E-state index contributed by atoms with van der Waals surface area (Å²) in [5.41, 5.74) is 8.53. The summed E-state index contributed by atoms with van der Waals surface area (Å²) in [6.45, 7) is 4.69. The summed E-state index contributed by atoms with van der Waals surface area (Å²) < 4.78 is 0. The van der Waals surface area contributed by atoms with Crippen LogP contribution in [0.25, 0.3) is 0 Å². The molecule has 0 aliphatic carbocycles. The summed E-state index contributed by atoms with van der Waals surface area (Å²) in [6, 6.07) is 6.16. The Morgan fingerprint density at radius 3 is 2.71 bits per heavy atom. The van der Waals surface area contributed by atoms with Gasteiger partial charge in [0, 0.05) is 18.7 Å². The number of anilines is 1. The van der Waals surface area contributed by atoms with Gasteiger partial charge in [-0.15, -0.1) is 0 Å². The van der Waals surface area contributed by atoms with Gasteiger partial charge in [-0.1, -0.05) is 17.7 Å². The normalized spacial score (nSPS) is 9.86. The number of amides is 1. The summed E-state index contributed by atoms with van der Waals surface area (Å²) in [6.07, 6.45) is 0.368. The van der Waals surface area contributed by atoms with E-state index in [1.165, 1.54) is 11.1 Å². The molecule has 0 atom stereocenters. The highest BCUT2D eigenvalue weighted by atomic mass is 16.1. The third kappa shape index (κ3) is 3.09. The van der Waals surface area contributed by atoms with Crippen LogP contribution < -0.4 is 11.1 Å². The lowest BCUT2D eigenvalue weighted by molar-refractivity contribution is -0.117. The molecule has 3 heteroatoms. The summed E-state index contributed by atoms with van der Waals surface area (Å²) in [7, 11) is 0. The van der Waals surface area contributed by atoms with Gasteiger partial charge in [-0.25, -0.2) is 0 Å². The number of nitrogens with two attached hydrogens (primary N) is 1. The molecule has 0 heterocycles. The Bertz CT molecular complexity index is 334. The molecule has 0 unspecified atom stereocenters. The van der Waals surface area contributed by atoms with Crippen LogP contribution in [0.15, 0.2) is 18.2 Å². The highest BCUT2D eigenvalue weighted by Crippen LogP contribution is 2.15. The molecule has 3 N–H and O–H groups in total. The number of hydrogen-bond acceptors (Lipinski definition) is 2. The zero-order chi connectivity index (χ0) is 10.6. The summed E-state index contributed by atoms with van der Waals surface area (Å²) in [4.78, 5) is 10.5. The topological polar surface area (TPSA) is 55.1 Å². The lowest BCUT2D eigenvalue weighted by Crippen LogP contribution is -2.16. The van der Waals surface area contributed by atoms with Gasteiger partial charge in [0.1, 0.15) is 0 Å². The first-order valence-corrected chi connectivity index (χ1v) is 4.69. The standard InChI is InChI=1S/C11H16N2O/c1-8-3-4-10(9(2)7-8)13-6-5-11(12)14/h3-4,7,13H,5-6H2,1-2H3,(H2,12,14). The highest BCUT2D eigenvalue weighted by Gasteiger charge is 1.98. The van der Waals surface area contributed by atoms with Crippen LogP contribution in [0.2, 0.25) is 0 Å². The number of aryl methyl sites for hydroxylation is 2. The van der Waals surface area contributed by atoms with Crippen molar-refractivity contribution in [3.8, 4) is 0 Å². The molecule has 0 aliphatic heterocycles. The van der Waals surface area contributed by atoms with E-state index < -0.39 is 0 Å². The van der Waals surface area contributed by atoms with E-state index in [4.69, 9.17) is 5.73 Å². The van der Waals surface area contributed by atoms with E-state index in [1.807, 2.05) is 19.1 Å². The van der Waals surface area contributed by atoms with Crippen LogP contribution in [0.3, 0.4) is 0 Å². The molecule has 1 amide bonds. The number of rotatable bonds is 4. The van der Waals surface area contributed by atoms with Crippen LogP contribution in [0, 0.1) is 13.8 Å². The van der Waals surface area contributed by atoms with E-state index in [0.717, 1.165) is 5.69 Å². The minimum absolute atomic E-state index is 0.276. The van der Waals surface area contributed by atoms with Gasteiger partial charge in [-0.3, -0.25) is 4.79 Å². The molecular weight excluding hydrogens is 176 g/mol. The predicted octanol–water partition coefficient (Wildman–Crippen LogP) is 1.59. The van der Waals surface area contributed by atoms with Crippen LogP contribution >= 0.6 is 0 Å². The fraction of sp³-hybridized carbons (Fsp3) is 0.364. The zero-order valence-corrected chi connectivity index (χ0v) is 8.63. The second kappa shape index (κ2) is 4.65. The smallest absolute Gasteiger partial charge is 0.219 e. The van der Waals surface area contributed by atoms with E-state index in [-0.39, 0.29) is 5.91 Å². The largest absolute Gasteiger partial charge is 0.384 e. The van der Waals surface area contributed by atoms with Gasteiger partial charge in [0.05, 0.1) is 0 Å². The van der Waals surface area contributed by atoms with Crippen molar-refractivity contribution in [1.29, 1.82) is 0 Å². The van der Waals surface area contributed by atoms with Crippen molar-refractivity contribution in [2.45, 2.75) is 20.3 Å². The Kier molecular flexibility index (Phi) is 3.51. The molecule has 1 aromatic rings. The van der Waals surface area contributed by atoms with Crippen molar-refractivity contribution in [3.05, 3.63) is 29.3 Å². The number of benzene rings is 1. The van der Waals surface area contributed by atoms with E-state index in [9.17, 15) is 4.79 Å². The predicted molar refractivity (Wildman–Crippen MR) is 58.2 cm³/mol. The van der Waals surface area contributed by atoms with Crippen molar-refractivity contribution < 1.29 is 4.79 Å². The van der Waals surface area contributed by atoms with Crippen LogP contribution in [-0.4, -0.2) is 12.5 Å². The molecule has 1 aromatic carbocycles. The first kappa shape index (κ1) is 10.6. The third-order valence-electron chi connectivity index (χ3n) is 2.07. The first-order chi connectivity index (χ1) is 6.59. The molecule has 0 aromatic heterocycles. The maximum atomic E-state index is 10.5. The zero-order valence-electron chi connectivity index (χ0n) is 8.63. The van der Waals surface area contributed by atoms with Gasteiger partial charge < -0.3 is 11.1 Å². The van der Waals surface area contributed by atoms with Crippen molar-refractivity contribution in [1.82, 2.24) is 0 Å². The summed E-state index contributed by atoms with van der Waals surface area (Å²) in [5.74, 6) is -0.276. The number of carbonyl (C=O) groups is 1. The fourth-order valence-corrected chi connectivity index (χ4v) is 1.33. The minimum Gasteiger partial charge on any atom is -0.384 e. The summed E-state index contributed by atoms with van der Waals surface area (Å²) >= 11 is 0. The molecule has 1 rings (SSSR count). The molecule has 14 heavy (non-hydrogen) atoms. The van der Waals surface area contributed by atoms with Crippen LogP contribution in [0.4, 0.5) is 5.69 Å². The SMILES string of the molecule is Cc1ccc(NCCC(N)=O)c(C)c1. The van der Waals surface area contributed by atoms with Crippen LogP contribution in [0.5, 0.6) is 0 Å². The quantitative estimate of drug-likeness (QED) is 0.761. The van der Waals surface area contributed by atoms with Gasteiger partial charge in [-0.2, -0.15) is 0 Å². The van der Waals surface area contributed by atoms with Gasteiger partial charge in [0.15, 0.2) is 0 Å². The molecule has 0 radical (unpaired) electrons. The van der Waals surface area contributed by atoms with Crippen molar-refractivity contribution in [2.75, 3.05) is 11.9 Å². The second-order valence-electron chi connectivity index (χ2n) is 3.46. The Balaban J connectivity index is 2.55. The maximum Gasteiger partial charge on any atom is 0.219 e. The minimum atomic E-state index is -0.276. The van der Waals surface area contributed by atoms with E-state index >= 15 is 0 Å². The molecule has 0 aliphatic rings. The van der Waals surface area contributed by atoms with Crippen LogP contribution in [-0.2, 0) is 4.79 Å². The third-order valence-corrected chi connectivity index (χ3v) is 2.07.